The van der Waals surface area contributed by atoms with Gasteiger partial charge in [0.2, 0.25) is 0 Å². The van der Waals surface area contributed by atoms with Gasteiger partial charge in [-0.25, -0.2) is 0 Å². The molecule has 3 heteroatoms. The van der Waals surface area contributed by atoms with Crippen LogP contribution in [-0.2, 0) is 0 Å². The number of nitrogens with one attached hydrogen (secondary N) is 2. The van der Waals surface area contributed by atoms with Crippen molar-refractivity contribution >= 4 is 0 Å². The molecule has 2 heterocycles. The minimum absolute atomic E-state index is 0.487. The van der Waals surface area contributed by atoms with Gasteiger partial charge in [-0.3, -0.25) is 4.90 Å². The smallest absolute Gasteiger partial charge is 0.0467 e. The zero-order chi connectivity index (χ0) is 10.7. The molecule has 1 saturated heterocycles. The Hall–Kier alpha value is -0.800. The van der Waals surface area contributed by atoms with Gasteiger partial charge in [-0.15, -0.1) is 0 Å². The number of rotatable bonds is 4. The molecule has 2 atom stereocenters. The average Bonchev–Trinajstić information content (AvgIpc) is 2.88. The van der Waals surface area contributed by atoms with Crippen LogP contribution in [0.15, 0.2) is 18.3 Å². The lowest BCUT2D eigenvalue weighted by Gasteiger charge is -2.26. The van der Waals surface area contributed by atoms with E-state index in [1.165, 1.54) is 31.7 Å². The summed E-state index contributed by atoms with van der Waals surface area (Å²) in [6.07, 6.45) is 3.32. The van der Waals surface area contributed by atoms with Crippen LogP contribution < -0.4 is 5.32 Å². The van der Waals surface area contributed by atoms with Gasteiger partial charge >= 0.3 is 0 Å². The van der Waals surface area contributed by atoms with Crippen molar-refractivity contribution in [2.24, 2.45) is 5.92 Å². The van der Waals surface area contributed by atoms with E-state index in [1.54, 1.807) is 0 Å². The molecule has 15 heavy (non-hydrogen) atoms. The molecule has 2 N–H and O–H groups in total. The van der Waals surface area contributed by atoms with Gasteiger partial charge in [-0.05, 0) is 51.5 Å². The molecule has 0 aliphatic carbocycles. The predicted octanol–water partition coefficient (Wildman–Crippen LogP) is 1.62. The normalized spacial score (nSPS) is 23.5. The van der Waals surface area contributed by atoms with E-state index in [0.29, 0.717) is 6.04 Å². The summed E-state index contributed by atoms with van der Waals surface area (Å²) in [6, 6.07) is 4.71. The summed E-state index contributed by atoms with van der Waals surface area (Å²) in [5.41, 5.74) is 1.31. The fourth-order valence-corrected chi connectivity index (χ4v) is 2.28. The van der Waals surface area contributed by atoms with Crippen LogP contribution >= 0.6 is 0 Å². The maximum Gasteiger partial charge on any atom is 0.0467 e. The van der Waals surface area contributed by atoms with Crippen molar-refractivity contribution < 1.29 is 0 Å². The molecule has 2 unspecified atom stereocenters. The lowest BCUT2D eigenvalue weighted by molar-refractivity contribution is 0.223. The highest BCUT2D eigenvalue weighted by Gasteiger charge is 2.19. The summed E-state index contributed by atoms with van der Waals surface area (Å²) in [5.74, 6) is 0.826. The fraction of sp³-hybridized carbons (Fsp3) is 0.667. The summed E-state index contributed by atoms with van der Waals surface area (Å²) in [6.45, 7) is 5.82. The Kier molecular flexibility index (Phi) is 3.44. The van der Waals surface area contributed by atoms with E-state index in [9.17, 15) is 0 Å². The molecule has 1 fully saturated rings. The largest absolute Gasteiger partial charge is 0.364 e. The molecule has 1 aromatic rings. The van der Waals surface area contributed by atoms with Crippen molar-refractivity contribution in [1.82, 2.24) is 15.2 Å². The number of nitrogens with zero attached hydrogens (tertiary/aromatic N) is 1. The predicted molar refractivity (Wildman–Crippen MR) is 62.8 cm³/mol. The number of H-pyrrole nitrogens is 1. The van der Waals surface area contributed by atoms with Crippen molar-refractivity contribution in [2.45, 2.75) is 19.4 Å². The van der Waals surface area contributed by atoms with Gasteiger partial charge in [0.1, 0.15) is 0 Å². The SMILES string of the molecule is CC(c1ccc[nH]1)N(C)CC1CCNC1. The minimum atomic E-state index is 0.487. The Morgan fingerprint density at radius 2 is 2.47 bits per heavy atom. The quantitative estimate of drug-likeness (QED) is 0.786. The van der Waals surface area contributed by atoms with Crippen LogP contribution in [0.25, 0.3) is 0 Å². The molecule has 3 nitrogen and oxygen atoms in total. The van der Waals surface area contributed by atoms with Gasteiger partial charge in [-0.2, -0.15) is 0 Å². The van der Waals surface area contributed by atoms with Crippen LogP contribution in [0.2, 0.25) is 0 Å². The maximum atomic E-state index is 3.42. The molecule has 0 aromatic carbocycles. The number of hydrogen-bond donors (Lipinski definition) is 2. The van der Waals surface area contributed by atoms with Crippen LogP contribution in [0.4, 0.5) is 0 Å². The molecule has 0 bridgehead atoms. The summed E-state index contributed by atoms with van der Waals surface area (Å²) in [5, 5.41) is 3.42. The molecule has 1 aromatic heterocycles. The van der Waals surface area contributed by atoms with Crippen molar-refractivity contribution in [3.63, 3.8) is 0 Å². The Balaban J connectivity index is 1.87. The van der Waals surface area contributed by atoms with Crippen LogP contribution in [0.1, 0.15) is 25.1 Å². The topological polar surface area (TPSA) is 31.1 Å². The molecular weight excluding hydrogens is 186 g/mol. The molecule has 1 aliphatic heterocycles. The monoisotopic (exact) mass is 207 g/mol. The minimum Gasteiger partial charge on any atom is -0.364 e. The van der Waals surface area contributed by atoms with E-state index < -0.39 is 0 Å². The van der Waals surface area contributed by atoms with Crippen molar-refractivity contribution in [2.75, 3.05) is 26.7 Å². The molecule has 84 valence electrons. The van der Waals surface area contributed by atoms with Crippen molar-refractivity contribution in [3.8, 4) is 0 Å². The molecular formula is C12H21N3. The highest BCUT2D eigenvalue weighted by atomic mass is 15.1. The van der Waals surface area contributed by atoms with Crippen molar-refractivity contribution in [3.05, 3.63) is 24.0 Å². The third-order valence-electron chi connectivity index (χ3n) is 3.44. The highest BCUT2D eigenvalue weighted by Crippen LogP contribution is 2.19. The first-order chi connectivity index (χ1) is 7.27. The first-order valence-corrected chi connectivity index (χ1v) is 5.81. The zero-order valence-corrected chi connectivity index (χ0v) is 9.66. The van der Waals surface area contributed by atoms with Crippen LogP contribution in [-0.4, -0.2) is 36.6 Å². The lowest BCUT2D eigenvalue weighted by atomic mass is 10.1. The second-order valence-corrected chi connectivity index (χ2v) is 4.60. The van der Waals surface area contributed by atoms with E-state index in [-0.39, 0.29) is 0 Å². The van der Waals surface area contributed by atoms with Gasteiger partial charge in [0.15, 0.2) is 0 Å². The number of aromatic nitrogens is 1. The van der Waals surface area contributed by atoms with E-state index in [1.807, 2.05) is 6.20 Å². The fourth-order valence-electron chi connectivity index (χ4n) is 2.28. The maximum absolute atomic E-state index is 3.42. The molecule has 0 spiro atoms. The molecule has 2 rings (SSSR count). The number of hydrogen-bond acceptors (Lipinski definition) is 2. The van der Waals surface area contributed by atoms with Gasteiger partial charge in [0.05, 0.1) is 0 Å². The standard InChI is InChI=1S/C12H21N3/c1-10(12-4-3-6-14-12)15(2)9-11-5-7-13-8-11/h3-4,6,10-11,13-14H,5,7-9H2,1-2H3. The Bertz CT molecular complexity index is 275. The van der Waals surface area contributed by atoms with E-state index >= 15 is 0 Å². The molecule has 0 saturated carbocycles. The van der Waals surface area contributed by atoms with Crippen LogP contribution in [0.5, 0.6) is 0 Å². The lowest BCUT2D eigenvalue weighted by Crippen LogP contribution is -2.29. The Labute approximate surface area is 91.9 Å². The summed E-state index contributed by atoms with van der Waals surface area (Å²) in [7, 11) is 2.21. The van der Waals surface area contributed by atoms with Gasteiger partial charge in [-0.1, -0.05) is 0 Å². The second kappa shape index (κ2) is 4.81. The number of aromatic amines is 1. The van der Waals surface area contributed by atoms with Crippen LogP contribution in [0.3, 0.4) is 0 Å². The zero-order valence-electron chi connectivity index (χ0n) is 9.66. The van der Waals surface area contributed by atoms with Gasteiger partial charge in [0, 0.05) is 24.5 Å². The molecule has 1 aliphatic rings. The first kappa shape index (κ1) is 10.7. The van der Waals surface area contributed by atoms with E-state index in [2.05, 4.69) is 41.3 Å². The summed E-state index contributed by atoms with van der Waals surface area (Å²) in [4.78, 5) is 5.72. The van der Waals surface area contributed by atoms with E-state index in [0.717, 1.165) is 5.92 Å². The third kappa shape index (κ3) is 2.61. The molecule has 0 amide bonds. The van der Waals surface area contributed by atoms with E-state index in [4.69, 9.17) is 0 Å². The highest BCUT2D eigenvalue weighted by molar-refractivity contribution is 5.08. The van der Waals surface area contributed by atoms with Crippen molar-refractivity contribution in [1.29, 1.82) is 0 Å². The molecule has 0 radical (unpaired) electrons. The Morgan fingerprint density at radius 3 is 3.07 bits per heavy atom. The summed E-state index contributed by atoms with van der Waals surface area (Å²) < 4.78 is 0. The van der Waals surface area contributed by atoms with Crippen LogP contribution in [0, 0.1) is 5.92 Å². The second-order valence-electron chi connectivity index (χ2n) is 4.60. The third-order valence-corrected chi connectivity index (χ3v) is 3.44. The first-order valence-electron chi connectivity index (χ1n) is 5.81. The van der Waals surface area contributed by atoms with Gasteiger partial charge in [0.25, 0.3) is 0 Å². The Morgan fingerprint density at radius 1 is 1.60 bits per heavy atom. The average molecular weight is 207 g/mol. The summed E-state index contributed by atoms with van der Waals surface area (Å²) >= 11 is 0. The van der Waals surface area contributed by atoms with Gasteiger partial charge < -0.3 is 10.3 Å².